The maximum absolute atomic E-state index is 13.5. The number of fused-ring (bicyclic) bond motifs is 3. The molecule has 0 fully saturated rings. The van der Waals surface area contributed by atoms with Crippen LogP contribution in [0.4, 0.5) is 35.1 Å². The summed E-state index contributed by atoms with van der Waals surface area (Å²) in [4.78, 5) is 7.62. The van der Waals surface area contributed by atoms with E-state index in [1.54, 1.807) is 0 Å². The predicted molar refractivity (Wildman–Crippen MR) is 107 cm³/mol. The summed E-state index contributed by atoms with van der Waals surface area (Å²) in [5, 5.41) is 0. The van der Waals surface area contributed by atoms with Crippen LogP contribution in [0.25, 0.3) is 16.8 Å². The molecular weight excluding hydrogens is 660 g/mol. The maximum atomic E-state index is 13.5. The second kappa shape index (κ2) is 9.43. The Labute approximate surface area is 208 Å². The molecule has 187 valence electrons. The second-order valence-electron chi connectivity index (χ2n) is 7.59. The van der Waals surface area contributed by atoms with Gasteiger partial charge in [-0.25, -0.2) is 8.78 Å². The first-order valence-corrected chi connectivity index (χ1v) is 9.92. The minimum absolute atomic E-state index is 0. The van der Waals surface area contributed by atoms with E-state index in [0.29, 0.717) is 12.1 Å². The normalized spacial score (nSPS) is 20.1. The molecule has 0 saturated heterocycles. The molecule has 0 aliphatic heterocycles. The Morgan fingerprint density at radius 2 is 1.37 bits per heavy atom. The summed E-state index contributed by atoms with van der Waals surface area (Å²) in [6.07, 6.45) is 5.43. The molecule has 2 heterocycles. The molecule has 0 atom stereocenters. The van der Waals surface area contributed by atoms with Crippen LogP contribution in [0, 0.1) is 12.1 Å². The fourth-order valence-corrected chi connectivity index (χ4v) is 3.64. The maximum Gasteiger partial charge on any atom is 0.378 e. The number of nitrogens with zero attached hydrogens (tertiary/aromatic N) is 2. The predicted octanol–water partition coefficient (Wildman–Crippen LogP) is 6.47. The third-order valence-electron chi connectivity index (χ3n) is 5.43. The van der Waals surface area contributed by atoms with Crippen LogP contribution in [0.15, 0.2) is 60.9 Å². The van der Waals surface area contributed by atoms with Crippen LogP contribution in [0.1, 0.15) is 16.8 Å². The first-order chi connectivity index (χ1) is 15.9. The van der Waals surface area contributed by atoms with Crippen LogP contribution in [-0.4, -0.2) is 33.7 Å². The number of allylic oxidation sites excluding steroid dienone is 2. The Balaban J connectivity index is 0.000000200. The van der Waals surface area contributed by atoms with Crippen LogP contribution >= 0.6 is 0 Å². The van der Waals surface area contributed by atoms with Gasteiger partial charge in [0.25, 0.3) is 5.92 Å². The number of alkyl halides is 8. The molecule has 3 aromatic rings. The summed E-state index contributed by atoms with van der Waals surface area (Å²) < 4.78 is 105. The van der Waals surface area contributed by atoms with Gasteiger partial charge in [-0.05, 0) is 24.2 Å². The third kappa shape index (κ3) is 4.40. The van der Waals surface area contributed by atoms with E-state index in [2.05, 4.69) is 28.2 Å². The molecule has 0 spiro atoms. The van der Waals surface area contributed by atoms with Crippen LogP contribution in [0.5, 0.6) is 0 Å². The summed E-state index contributed by atoms with van der Waals surface area (Å²) in [5.41, 5.74) is 2.00. The molecular formula is C24H14F8IrN2-2. The summed E-state index contributed by atoms with van der Waals surface area (Å²) in [6.45, 7) is 0. The van der Waals surface area contributed by atoms with Gasteiger partial charge in [0.15, 0.2) is 0 Å². The Kier molecular flexibility index (Phi) is 7.26. The smallest absolute Gasteiger partial charge is 0.351 e. The SMILES string of the molecule is FC1(F)[C-]=C(c2ccccn2)C(F)(F)C(F)(F)C1(F)F.[Ir].[c-]1cccc2c1-c1ncccc1CC2. The van der Waals surface area contributed by atoms with E-state index in [0.717, 1.165) is 30.8 Å². The van der Waals surface area contributed by atoms with Crippen molar-refractivity contribution in [3.05, 3.63) is 89.9 Å². The van der Waals surface area contributed by atoms with Crippen molar-refractivity contribution in [1.29, 1.82) is 0 Å². The number of hydrogen-bond acceptors (Lipinski definition) is 2. The Morgan fingerprint density at radius 3 is 2.06 bits per heavy atom. The molecule has 2 aliphatic carbocycles. The van der Waals surface area contributed by atoms with E-state index in [1.165, 1.54) is 22.8 Å². The molecule has 2 aliphatic rings. The Hall–Kier alpha value is -2.65. The molecule has 1 radical (unpaired) electrons. The molecule has 0 saturated carbocycles. The molecule has 1 aromatic carbocycles. The zero-order valence-corrected chi connectivity index (χ0v) is 19.8. The van der Waals surface area contributed by atoms with E-state index in [9.17, 15) is 35.1 Å². The Bertz CT molecular complexity index is 1180. The van der Waals surface area contributed by atoms with Crippen molar-refractivity contribution in [1.82, 2.24) is 9.97 Å². The number of benzene rings is 1. The van der Waals surface area contributed by atoms with E-state index in [4.69, 9.17) is 0 Å². The van der Waals surface area contributed by atoms with Crippen molar-refractivity contribution >= 4 is 5.57 Å². The molecule has 35 heavy (non-hydrogen) atoms. The summed E-state index contributed by atoms with van der Waals surface area (Å²) in [6, 6.07) is 16.6. The third-order valence-corrected chi connectivity index (χ3v) is 5.43. The topological polar surface area (TPSA) is 25.8 Å². The number of pyridine rings is 2. The van der Waals surface area contributed by atoms with Crippen LogP contribution < -0.4 is 0 Å². The van der Waals surface area contributed by atoms with Crippen LogP contribution in [0.2, 0.25) is 0 Å². The number of aryl methyl sites for hydroxylation is 2. The van der Waals surface area contributed by atoms with Crippen LogP contribution in [-0.2, 0) is 32.9 Å². The van der Waals surface area contributed by atoms with Gasteiger partial charge in [-0.3, -0.25) is 0 Å². The number of hydrogen-bond donors (Lipinski definition) is 0. The van der Waals surface area contributed by atoms with E-state index in [-0.39, 0.29) is 20.1 Å². The minimum Gasteiger partial charge on any atom is -0.351 e. The fraction of sp³-hybridized carbons (Fsp3) is 0.250. The van der Waals surface area contributed by atoms with Crippen molar-refractivity contribution in [2.24, 2.45) is 0 Å². The molecule has 11 heteroatoms. The number of rotatable bonds is 1. The summed E-state index contributed by atoms with van der Waals surface area (Å²) in [7, 11) is 0. The van der Waals surface area contributed by atoms with Crippen LogP contribution in [0.3, 0.4) is 0 Å². The van der Waals surface area contributed by atoms with Crippen molar-refractivity contribution in [3.8, 4) is 11.3 Å². The van der Waals surface area contributed by atoms with E-state index < -0.39 is 35.0 Å². The molecule has 0 N–H and O–H groups in total. The molecule has 0 unspecified atom stereocenters. The first kappa shape index (κ1) is 26.9. The second-order valence-corrected chi connectivity index (χ2v) is 7.59. The molecule has 2 aromatic heterocycles. The standard InChI is InChI=1S/C13H10N.C11H4F8N.Ir/c1-2-6-12-10(4-1)7-8-11-5-3-9-14-13(11)12;12-8(13)5-6(7-3-1-2-4-20-7)9(14,15)11(18,19)10(8,16)17;/h1-5,9H,7-8H2;1-4H;/q2*-1;. The summed E-state index contributed by atoms with van der Waals surface area (Å²) >= 11 is 0. The average molecular weight is 675 g/mol. The molecule has 2 nitrogen and oxygen atoms in total. The first-order valence-electron chi connectivity index (χ1n) is 9.92. The van der Waals surface area contributed by atoms with Crippen molar-refractivity contribution in [2.45, 2.75) is 36.5 Å². The van der Waals surface area contributed by atoms with Gasteiger partial charge in [-0.1, -0.05) is 29.8 Å². The number of halogens is 8. The van der Waals surface area contributed by atoms with Gasteiger partial charge in [-0.2, -0.15) is 32.4 Å². The minimum atomic E-state index is -6.28. The molecule has 0 amide bonds. The largest absolute Gasteiger partial charge is 0.378 e. The monoisotopic (exact) mass is 675 g/mol. The van der Waals surface area contributed by atoms with Gasteiger partial charge in [0.05, 0.1) is 0 Å². The molecule has 0 bridgehead atoms. The van der Waals surface area contributed by atoms with Crippen molar-refractivity contribution in [3.63, 3.8) is 0 Å². The number of aromatic nitrogens is 2. The van der Waals surface area contributed by atoms with Crippen molar-refractivity contribution < 1.29 is 55.2 Å². The van der Waals surface area contributed by atoms with Gasteiger partial charge < -0.3 is 9.97 Å². The van der Waals surface area contributed by atoms with Gasteiger partial charge in [-0.15, -0.1) is 47.0 Å². The van der Waals surface area contributed by atoms with Gasteiger partial charge >= 0.3 is 17.8 Å². The average Bonchev–Trinajstić information content (AvgIpc) is 2.82. The molecule has 5 rings (SSSR count). The summed E-state index contributed by atoms with van der Waals surface area (Å²) in [5.74, 6) is -23.6. The zero-order valence-electron chi connectivity index (χ0n) is 17.4. The zero-order chi connectivity index (χ0) is 24.8. The fourth-order valence-electron chi connectivity index (χ4n) is 3.64. The van der Waals surface area contributed by atoms with Gasteiger partial charge in [0, 0.05) is 32.5 Å². The van der Waals surface area contributed by atoms with Gasteiger partial charge in [0.1, 0.15) is 0 Å². The van der Waals surface area contributed by atoms with E-state index >= 15 is 0 Å². The van der Waals surface area contributed by atoms with Crippen molar-refractivity contribution in [2.75, 3.05) is 0 Å². The quantitative estimate of drug-likeness (QED) is 0.219. The van der Waals surface area contributed by atoms with Gasteiger partial charge in [0.2, 0.25) is 0 Å². The van der Waals surface area contributed by atoms with E-state index in [1.807, 2.05) is 24.4 Å². The Morgan fingerprint density at radius 1 is 0.714 bits per heavy atom.